The highest BCUT2D eigenvalue weighted by molar-refractivity contribution is 9.10. The van der Waals surface area contributed by atoms with Crippen molar-refractivity contribution >= 4 is 35.1 Å². The number of hydrogen-bond acceptors (Lipinski definition) is 0. The van der Waals surface area contributed by atoms with E-state index in [1.165, 1.54) is 15.4 Å². The summed E-state index contributed by atoms with van der Waals surface area (Å²) >= 11 is 3.62. The lowest BCUT2D eigenvalue weighted by Crippen LogP contribution is -2.31. The van der Waals surface area contributed by atoms with E-state index in [0.717, 1.165) is 0 Å². The Bertz CT molecular complexity index is 468. The van der Waals surface area contributed by atoms with E-state index in [4.69, 9.17) is 0 Å². The predicted molar refractivity (Wildman–Crippen MR) is 68.4 cm³/mol. The summed E-state index contributed by atoms with van der Waals surface area (Å²) in [5.41, 5.74) is 1.34. The van der Waals surface area contributed by atoms with Gasteiger partial charge in [0.1, 0.15) is 0 Å². The highest BCUT2D eigenvalue weighted by Crippen LogP contribution is 2.27. The molecule has 1 aromatic carbocycles. The zero-order chi connectivity index (χ0) is 10.3. The minimum atomic E-state index is -1.29. The molecular weight excluding hydrogens is 254 g/mol. The van der Waals surface area contributed by atoms with Gasteiger partial charge in [0.2, 0.25) is 0 Å². The number of nitrogens with zero attached hydrogens (tertiary/aromatic N) is 1. The SMILES string of the molecule is C[Si](C)(C)n1ccc2cccc(Br)c21. The number of para-hydroxylation sites is 1. The van der Waals surface area contributed by atoms with Crippen LogP contribution in [0.1, 0.15) is 0 Å². The molecular formula is C11H14BrNSi. The maximum Gasteiger partial charge on any atom is 0.152 e. The molecule has 0 N–H and O–H groups in total. The summed E-state index contributed by atoms with van der Waals surface area (Å²) < 4.78 is 3.63. The molecule has 0 bridgehead atoms. The third-order valence-electron chi connectivity index (χ3n) is 2.38. The Balaban J connectivity index is 2.80. The van der Waals surface area contributed by atoms with Crippen molar-refractivity contribution in [2.45, 2.75) is 19.6 Å². The zero-order valence-corrected chi connectivity index (χ0v) is 11.3. The number of benzene rings is 1. The van der Waals surface area contributed by atoms with Crippen molar-refractivity contribution in [2.75, 3.05) is 0 Å². The van der Waals surface area contributed by atoms with Crippen LogP contribution >= 0.6 is 15.9 Å². The van der Waals surface area contributed by atoms with E-state index in [0.29, 0.717) is 0 Å². The highest BCUT2D eigenvalue weighted by Gasteiger charge is 2.18. The molecule has 0 amide bonds. The lowest BCUT2D eigenvalue weighted by Gasteiger charge is -2.20. The van der Waals surface area contributed by atoms with Crippen LogP contribution in [0.3, 0.4) is 0 Å². The number of aromatic nitrogens is 1. The van der Waals surface area contributed by atoms with Gasteiger partial charge in [-0.15, -0.1) is 0 Å². The van der Waals surface area contributed by atoms with Gasteiger partial charge in [0.05, 0.1) is 5.52 Å². The van der Waals surface area contributed by atoms with E-state index in [1.54, 1.807) is 0 Å². The minimum Gasteiger partial charge on any atom is -0.374 e. The van der Waals surface area contributed by atoms with Crippen molar-refractivity contribution in [1.29, 1.82) is 0 Å². The van der Waals surface area contributed by atoms with E-state index in [1.807, 2.05) is 0 Å². The van der Waals surface area contributed by atoms with Gasteiger partial charge < -0.3 is 4.23 Å². The van der Waals surface area contributed by atoms with Crippen molar-refractivity contribution in [1.82, 2.24) is 4.23 Å². The molecule has 3 heteroatoms. The van der Waals surface area contributed by atoms with E-state index in [-0.39, 0.29) is 0 Å². The Morgan fingerprint density at radius 2 is 1.86 bits per heavy atom. The molecule has 74 valence electrons. The average Bonchev–Trinajstić information content (AvgIpc) is 2.47. The standard InChI is InChI=1S/C11H14BrNSi/c1-14(2,3)13-8-7-9-5-4-6-10(12)11(9)13/h4-8H,1-3H3. The molecule has 0 fully saturated rings. The van der Waals surface area contributed by atoms with E-state index >= 15 is 0 Å². The highest BCUT2D eigenvalue weighted by atomic mass is 79.9. The average molecular weight is 268 g/mol. The van der Waals surface area contributed by atoms with Gasteiger partial charge in [0.15, 0.2) is 8.24 Å². The van der Waals surface area contributed by atoms with Crippen molar-refractivity contribution < 1.29 is 0 Å². The fraction of sp³-hybridized carbons (Fsp3) is 0.273. The Labute approximate surface area is 94.0 Å². The molecule has 2 aromatic rings. The molecule has 0 aliphatic carbocycles. The first-order valence-electron chi connectivity index (χ1n) is 4.76. The van der Waals surface area contributed by atoms with E-state index in [9.17, 15) is 0 Å². The first kappa shape index (κ1) is 9.99. The summed E-state index contributed by atoms with van der Waals surface area (Å²) in [7, 11) is -1.29. The molecule has 14 heavy (non-hydrogen) atoms. The first-order valence-corrected chi connectivity index (χ1v) is 9.00. The van der Waals surface area contributed by atoms with Crippen LogP contribution in [0.5, 0.6) is 0 Å². The second-order valence-electron chi connectivity index (χ2n) is 4.53. The van der Waals surface area contributed by atoms with Crippen molar-refractivity contribution in [3.8, 4) is 0 Å². The molecule has 0 radical (unpaired) electrons. The summed E-state index contributed by atoms with van der Waals surface area (Å²) in [4.78, 5) is 0. The van der Waals surface area contributed by atoms with Gasteiger partial charge >= 0.3 is 0 Å². The molecule has 0 saturated carbocycles. The summed E-state index contributed by atoms with van der Waals surface area (Å²) in [5, 5.41) is 1.32. The normalized spacial score (nSPS) is 12.3. The van der Waals surface area contributed by atoms with Crippen molar-refractivity contribution in [3.63, 3.8) is 0 Å². The third kappa shape index (κ3) is 1.55. The lowest BCUT2D eigenvalue weighted by atomic mass is 10.3. The van der Waals surface area contributed by atoms with Gasteiger partial charge in [0.25, 0.3) is 0 Å². The molecule has 0 spiro atoms. The van der Waals surface area contributed by atoms with Crippen LogP contribution in [0, 0.1) is 0 Å². The molecule has 0 aliphatic heterocycles. The summed E-state index contributed by atoms with van der Waals surface area (Å²) in [6, 6.07) is 8.55. The lowest BCUT2D eigenvalue weighted by molar-refractivity contribution is 1.20. The van der Waals surface area contributed by atoms with Gasteiger partial charge in [-0.25, -0.2) is 0 Å². The number of rotatable bonds is 1. The van der Waals surface area contributed by atoms with Crippen LogP contribution in [0.15, 0.2) is 34.9 Å². The Morgan fingerprint density at radius 1 is 1.14 bits per heavy atom. The molecule has 2 rings (SSSR count). The molecule has 0 aliphatic rings. The van der Waals surface area contributed by atoms with E-state index in [2.05, 4.69) is 70.3 Å². The largest absolute Gasteiger partial charge is 0.374 e. The number of fused-ring (bicyclic) bond motifs is 1. The zero-order valence-electron chi connectivity index (χ0n) is 8.71. The summed E-state index contributed by atoms with van der Waals surface area (Å²) in [6.45, 7) is 7.06. The van der Waals surface area contributed by atoms with Gasteiger partial charge in [0, 0.05) is 4.47 Å². The molecule has 0 atom stereocenters. The van der Waals surface area contributed by atoms with Crippen molar-refractivity contribution in [2.24, 2.45) is 0 Å². The van der Waals surface area contributed by atoms with Crippen LogP contribution in [0.2, 0.25) is 19.6 Å². The second kappa shape index (κ2) is 3.24. The number of hydrogen-bond donors (Lipinski definition) is 0. The summed E-state index contributed by atoms with van der Waals surface area (Å²) in [5.74, 6) is 0. The Morgan fingerprint density at radius 3 is 2.50 bits per heavy atom. The molecule has 1 aromatic heterocycles. The van der Waals surface area contributed by atoms with Crippen LogP contribution in [0.4, 0.5) is 0 Å². The fourth-order valence-electron chi connectivity index (χ4n) is 1.71. The Hall–Kier alpha value is -0.543. The van der Waals surface area contributed by atoms with Crippen LogP contribution in [-0.4, -0.2) is 12.5 Å². The number of halogens is 1. The van der Waals surface area contributed by atoms with Crippen LogP contribution < -0.4 is 0 Å². The first-order chi connectivity index (χ1) is 6.50. The monoisotopic (exact) mass is 267 g/mol. The molecule has 0 saturated heterocycles. The van der Waals surface area contributed by atoms with E-state index < -0.39 is 8.24 Å². The maximum atomic E-state index is 3.62. The quantitative estimate of drug-likeness (QED) is 0.686. The van der Waals surface area contributed by atoms with Gasteiger partial charge in [-0.1, -0.05) is 31.8 Å². The minimum absolute atomic E-state index is 1.20. The maximum absolute atomic E-state index is 3.62. The van der Waals surface area contributed by atoms with Gasteiger partial charge in [-0.2, -0.15) is 0 Å². The third-order valence-corrected chi connectivity index (χ3v) is 4.84. The van der Waals surface area contributed by atoms with Crippen LogP contribution in [0.25, 0.3) is 10.9 Å². The molecule has 0 unspecified atom stereocenters. The van der Waals surface area contributed by atoms with Gasteiger partial charge in [-0.3, -0.25) is 0 Å². The molecule has 1 heterocycles. The summed E-state index contributed by atoms with van der Waals surface area (Å²) in [6.07, 6.45) is 2.21. The Kier molecular flexibility index (Phi) is 2.31. The smallest absolute Gasteiger partial charge is 0.152 e. The molecule has 1 nitrogen and oxygen atoms in total. The topological polar surface area (TPSA) is 4.93 Å². The van der Waals surface area contributed by atoms with Gasteiger partial charge in [-0.05, 0) is 39.6 Å². The second-order valence-corrected chi connectivity index (χ2v) is 10.2. The fourth-order valence-corrected chi connectivity index (χ4v) is 3.89. The van der Waals surface area contributed by atoms with Crippen molar-refractivity contribution in [3.05, 3.63) is 34.9 Å². The van der Waals surface area contributed by atoms with Crippen LogP contribution in [-0.2, 0) is 0 Å². The predicted octanol–water partition coefficient (Wildman–Crippen LogP) is 4.09.